The van der Waals surface area contributed by atoms with E-state index < -0.39 is 5.82 Å². The molecule has 0 spiro atoms. The largest absolute Gasteiger partial charge is 0.311 e. The minimum atomic E-state index is -0.503. The summed E-state index contributed by atoms with van der Waals surface area (Å²) in [6, 6.07) is 8.82. The molecule has 0 unspecified atom stereocenters. The maximum atomic E-state index is 15.3. The van der Waals surface area contributed by atoms with E-state index in [1.165, 1.54) is 17.8 Å². The van der Waals surface area contributed by atoms with Crippen molar-refractivity contribution in [1.82, 2.24) is 9.55 Å². The number of hydrogen-bond acceptors (Lipinski definition) is 2. The van der Waals surface area contributed by atoms with Crippen LogP contribution in [0.3, 0.4) is 0 Å². The first-order valence-corrected chi connectivity index (χ1v) is 11.0. The van der Waals surface area contributed by atoms with E-state index in [9.17, 15) is 0 Å². The number of rotatable bonds is 5. The standard InChI is InChI=1S/C24H21ClF2N2S/c1-4-6-17-15(3)14(2)11-20(22(17)26)30-21-13-29(16-7-5-10-28-12-16)24-18(21)8-9-19(25)23(24)27/h5,7-13H,4,6H2,1-3H3. The summed E-state index contributed by atoms with van der Waals surface area (Å²) < 4.78 is 32.0. The Balaban J connectivity index is 1.90. The molecule has 2 heterocycles. The second kappa shape index (κ2) is 8.40. The summed E-state index contributed by atoms with van der Waals surface area (Å²) >= 11 is 7.38. The van der Waals surface area contributed by atoms with Gasteiger partial charge in [-0.25, -0.2) is 8.78 Å². The fourth-order valence-electron chi connectivity index (χ4n) is 3.67. The van der Waals surface area contributed by atoms with Crippen LogP contribution in [0.4, 0.5) is 8.78 Å². The normalized spacial score (nSPS) is 11.4. The molecule has 0 aliphatic carbocycles. The average Bonchev–Trinajstić information content (AvgIpc) is 3.11. The van der Waals surface area contributed by atoms with Crippen molar-refractivity contribution in [2.45, 2.75) is 43.4 Å². The van der Waals surface area contributed by atoms with E-state index in [2.05, 4.69) is 4.98 Å². The molecule has 0 amide bonds. The Kier molecular flexibility index (Phi) is 5.85. The minimum absolute atomic E-state index is 0.0462. The molecular weight excluding hydrogens is 422 g/mol. The van der Waals surface area contributed by atoms with Gasteiger partial charge in [0.25, 0.3) is 0 Å². The molecule has 0 atom stereocenters. The zero-order valence-electron chi connectivity index (χ0n) is 17.0. The minimum Gasteiger partial charge on any atom is -0.311 e. The van der Waals surface area contributed by atoms with Crippen LogP contribution < -0.4 is 0 Å². The van der Waals surface area contributed by atoms with Gasteiger partial charge in [0.15, 0.2) is 5.82 Å². The Bertz CT molecular complexity index is 1240. The van der Waals surface area contributed by atoms with E-state index in [0.29, 0.717) is 27.9 Å². The molecule has 4 rings (SSSR count). The number of benzene rings is 2. The molecule has 2 aromatic heterocycles. The van der Waals surface area contributed by atoms with E-state index >= 15 is 8.78 Å². The summed E-state index contributed by atoms with van der Waals surface area (Å²) in [5.74, 6) is -0.696. The molecular formula is C24H21ClF2N2S. The highest BCUT2D eigenvalue weighted by atomic mass is 35.5. The van der Waals surface area contributed by atoms with Crippen molar-refractivity contribution >= 4 is 34.3 Å². The van der Waals surface area contributed by atoms with Gasteiger partial charge in [0.1, 0.15) is 5.82 Å². The topological polar surface area (TPSA) is 17.8 Å². The number of aromatic nitrogens is 2. The molecule has 6 heteroatoms. The maximum Gasteiger partial charge on any atom is 0.166 e. The molecule has 0 aliphatic heterocycles. The van der Waals surface area contributed by atoms with Gasteiger partial charge in [-0.15, -0.1) is 0 Å². The summed E-state index contributed by atoms with van der Waals surface area (Å²) in [5, 5.41) is 0.727. The molecule has 0 bridgehead atoms. The number of aryl methyl sites for hydroxylation is 1. The third-order valence-electron chi connectivity index (χ3n) is 5.34. The first-order chi connectivity index (χ1) is 14.4. The van der Waals surface area contributed by atoms with E-state index in [1.54, 1.807) is 29.1 Å². The average molecular weight is 443 g/mol. The van der Waals surface area contributed by atoms with Gasteiger partial charge in [-0.2, -0.15) is 0 Å². The lowest BCUT2D eigenvalue weighted by Gasteiger charge is -2.13. The lowest BCUT2D eigenvalue weighted by atomic mass is 9.99. The Morgan fingerprint density at radius 2 is 1.90 bits per heavy atom. The van der Waals surface area contributed by atoms with Crippen LogP contribution in [0.1, 0.15) is 30.0 Å². The van der Waals surface area contributed by atoms with Gasteiger partial charge in [0.05, 0.1) is 22.4 Å². The van der Waals surface area contributed by atoms with Gasteiger partial charge < -0.3 is 4.57 Å². The van der Waals surface area contributed by atoms with Crippen LogP contribution in [-0.4, -0.2) is 9.55 Å². The highest BCUT2D eigenvalue weighted by molar-refractivity contribution is 7.99. The van der Waals surface area contributed by atoms with Gasteiger partial charge >= 0.3 is 0 Å². The molecule has 0 radical (unpaired) electrons. The zero-order chi connectivity index (χ0) is 21.4. The molecule has 154 valence electrons. The van der Waals surface area contributed by atoms with Gasteiger partial charge in [-0.05, 0) is 67.3 Å². The van der Waals surface area contributed by atoms with Crippen molar-refractivity contribution in [3.63, 3.8) is 0 Å². The van der Waals surface area contributed by atoms with Crippen molar-refractivity contribution in [1.29, 1.82) is 0 Å². The predicted molar refractivity (Wildman–Crippen MR) is 120 cm³/mol. The second-order valence-corrected chi connectivity index (χ2v) is 8.78. The van der Waals surface area contributed by atoms with Crippen LogP contribution in [0.15, 0.2) is 58.7 Å². The molecule has 4 aromatic rings. The van der Waals surface area contributed by atoms with Crippen LogP contribution in [0.2, 0.25) is 5.02 Å². The summed E-state index contributed by atoms with van der Waals surface area (Å²) in [4.78, 5) is 5.44. The van der Waals surface area contributed by atoms with E-state index in [4.69, 9.17) is 11.6 Å². The second-order valence-electron chi connectivity index (χ2n) is 7.29. The fraction of sp³-hybridized carbons (Fsp3) is 0.208. The summed E-state index contributed by atoms with van der Waals surface area (Å²) in [7, 11) is 0. The van der Waals surface area contributed by atoms with Crippen LogP contribution >= 0.6 is 23.4 Å². The SMILES string of the molecule is CCCc1c(C)c(C)cc(Sc2cn(-c3cccnc3)c3c(F)c(Cl)ccc23)c1F. The third-order valence-corrected chi connectivity index (χ3v) is 6.69. The highest BCUT2D eigenvalue weighted by Gasteiger charge is 2.20. The zero-order valence-corrected chi connectivity index (χ0v) is 18.5. The summed E-state index contributed by atoms with van der Waals surface area (Å²) in [5.41, 5.74) is 3.87. The molecule has 30 heavy (non-hydrogen) atoms. The van der Waals surface area contributed by atoms with Crippen molar-refractivity contribution in [3.05, 3.63) is 82.3 Å². The lowest BCUT2D eigenvalue weighted by molar-refractivity contribution is 0.579. The van der Waals surface area contributed by atoms with Crippen molar-refractivity contribution < 1.29 is 8.78 Å². The Morgan fingerprint density at radius 1 is 1.10 bits per heavy atom. The molecule has 0 saturated heterocycles. The van der Waals surface area contributed by atoms with Crippen molar-refractivity contribution in [2.24, 2.45) is 0 Å². The number of nitrogens with zero attached hydrogens (tertiary/aromatic N) is 2. The fourth-order valence-corrected chi connectivity index (χ4v) is 4.94. The molecule has 0 N–H and O–H groups in total. The number of fused-ring (bicyclic) bond motifs is 1. The van der Waals surface area contributed by atoms with Gasteiger partial charge in [0.2, 0.25) is 0 Å². The molecule has 0 saturated carbocycles. The highest BCUT2D eigenvalue weighted by Crippen LogP contribution is 2.41. The van der Waals surface area contributed by atoms with Crippen LogP contribution in [0.25, 0.3) is 16.6 Å². The van der Waals surface area contributed by atoms with Gasteiger partial charge in [0, 0.05) is 27.6 Å². The van der Waals surface area contributed by atoms with Crippen LogP contribution in [-0.2, 0) is 6.42 Å². The van der Waals surface area contributed by atoms with Gasteiger partial charge in [-0.1, -0.05) is 36.7 Å². The Labute approximate surface area is 183 Å². The van der Waals surface area contributed by atoms with E-state index in [0.717, 1.165) is 28.0 Å². The van der Waals surface area contributed by atoms with Crippen molar-refractivity contribution in [2.75, 3.05) is 0 Å². The lowest BCUT2D eigenvalue weighted by Crippen LogP contribution is -1.99. The Morgan fingerprint density at radius 3 is 2.60 bits per heavy atom. The maximum absolute atomic E-state index is 15.3. The first kappa shape index (κ1) is 20.9. The summed E-state index contributed by atoms with van der Waals surface area (Å²) in [6.07, 6.45) is 6.70. The Hall–Kier alpha value is -2.37. The molecule has 0 fully saturated rings. The predicted octanol–water partition coefficient (Wildman–Crippen LogP) is 7.68. The molecule has 2 aromatic carbocycles. The van der Waals surface area contributed by atoms with Gasteiger partial charge in [-0.3, -0.25) is 4.98 Å². The van der Waals surface area contributed by atoms with E-state index in [1.807, 2.05) is 39.1 Å². The number of halogens is 3. The third kappa shape index (κ3) is 3.61. The number of hydrogen-bond donors (Lipinski definition) is 0. The quantitative estimate of drug-likeness (QED) is 0.315. The van der Waals surface area contributed by atoms with E-state index in [-0.39, 0.29) is 10.8 Å². The monoisotopic (exact) mass is 442 g/mol. The van der Waals surface area contributed by atoms with Crippen LogP contribution in [0.5, 0.6) is 0 Å². The summed E-state index contributed by atoms with van der Waals surface area (Å²) in [6.45, 7) is 6.00. The smallest absolute Gasteiger partial charge is 0.166 e. The van der Waals surface area contributed by atoms with Crippen LogP contribution in [0, 0.1) is 25.5 Å². The molecule has 0 aliphatic rings. The molecule has 2 nitrogen and oxygen atoms in total. The first-order valence-electron chi connectivity index (χ1n) is 9.78. The number of pyridine rings is 1. The van der Waals surface area contributed by atoms with Crippen molar-refractivity contribution in [3.8, 4) is 5.69 Å².